The molecule has 7 aromatic rings. The van der Waals surface area contributed by atoms with Gasteiger partial charge in [0.2, 0.25) is 17.3 Å². The minimum absolute atomic E-state index is 0.0504. The first kappa shape index (κ1) is 67.7. The highest BCUT2D eigenvalue weighted by Crippen LogP contribution is 2.59. The number of aromatic nitrogens is 2. The van der Waals surface area contributed by atoms with Gasteiger partial charge in [0, 0.05) is 23.0 Å². The summed E-state index contributed by atoms with van der Waals surface area (Å²) in [5.74, 6) is -1.76. The summed E-state index contributed by atoms with van der Waals surface area (Å²) in [7, 11) is 2.37. The molecule has 0 spiro atoms. The molecule has 93 heavy (non-hydrogen) atoms. The Bertz CT molecular complexity index is 3990. The molecule has 0 saturated heterocycles. The zero-order valence-corrected chi connectivity index (χ0v) is 58.0. The standard InChI is InChI=1S/C34H40N2O6Si.C26H34N2O5Si.C14H12O2/c1-33(2,3)43(6,7)42-34-24(18-22-17-21-15-11-12-16-23(21)28(37)25(22)30(34)38)27(36(4)5)29-26(31(34)39)32(35-41-29)40-19-20-13-9-8-10-14-20;1-25(2,3)34(6,7)33-26-18(14-11-15-19(26)29)21(28(4)5)22-20(23(26)30)24(27-32-22)31-16-17-12-9-8-10-13-17;1-11-7-5-6-10-13(11)14(15)16-12-8-3-2-4-9-12/h8-16,22,24,27,37H,17-19H2,1-7H3;8-13,15,18,21H,14,16H2,1-7H3;2-10H,1H3/t22-,24-,27-,34-;18-,21-,26-;/m00./s1. The molecule has 0 bridgehead atoms. The number of esters is 1. The number of para-hydroxylation sites is 1. The van der Waals surface area contributed by atoms with Crippen molar-refractivity contribution in [2.24, 2.45) is 17.8 Å². The van der Waals surface area contributed by atoms with Gasteiger partial charge in [-0.15, -0.1) is 0 Å². The van der Waals surface area contributed by atoms with Gasteiger partial charge in [0.25, 0.3) is 11.8 Å². The van der Waals surface area contributed by atoms with E-state index in [1.165, 1.54) is 6.08 Å². The highest BCUT2D eigenvalue weighted by molar-refractivity contribution is 6.75. The Morgan fingerprint density at radius 2 is 1.08 bits per heavy atom. The van der Waals surface area contributed by atoms with Crippen LogP contribution in [0.1, 0.15) is 137 Å². The third kappa shape index (κ3) is 12.7. The van der Waals surface area contributed by atoms with Gasteiger partial charge in [0.05, 0.1) is 17.6 Å². The number of carbonyl (C=O) groups is 5. The number of rotatable bonds is 14. The van der Waals surface area contributed by atoms with E-state index >= 15 is 9.59 Å². The van der Waals surface area contributed by atoms with E-state index in [1.807, 2.05) is 172 Å². The van der Waals surface area contributed by atoms with E-state index in [0.717, 1.165) is 22.3 Å². The maximum Gasteiger partial charge on any atom is 0.343 e. The lowest BCUT2D eigenvalue weighted by Gasteiger charge is -2.55. The van der Waals surface area contributed by atoms with Crippen molar-refractivity contribution in [2.75, 3.05) is 28.2 Å². The van der Waals surface area contributed by atoms with Crippen LogP contribution in [0.5, 0.6) is 17.5 Å². The quantitative estimate of drug-likeness (QED) is 0.0464. The number of allylic oxidation sites excluding steroid dienone is 1. The highest BCUT2D eigenvalue weighted by atomic mass is 28.4. The van der Waals surface area contributed by atoms with E-state index in [9.17, 15) is 19.5 Å². The number of ketones is 4. The predicted molar refractivity (Wildman–Crippen MR) is 359 cm³/mol. The van der Waals surface area contributed by atoms with E-state index in [2.05, 4.69) is 78.0 Å². The third-order valence-electron chi connectivity index (χ3n) is 19.7. The number of nitrogens with zero attached hydrogens (tertiary/aromatic N) is 4. The number of aliphatic hydroxyl groups excluding tert-OH is 1. The Labute approximate surface area is 547 Å². The largest absolute Gasteiger partial charge is 0.507 e. The van der Waals surface area contributed by atoms with E-state index in [0.29, 0.717) is 47.7 Å². The monoisotopic (exact) mass is 1290 g/mol. The maximum absolute atomic E-state index is 15.1. The maximum atomic E-state index is 15.1. The molecule has 12 rings (SSSR count). The third-order valence-corrected chi connectivity index (χ3v) is 28.6. The van der Waals surface area contributed by atoms with Gasteiger partial charge in [-0.1, -0.05) is 169 Å². The number of carbonyl (C=O) groups excluding carboxylic acids is 5. The summed E-state index contributed by atoms with van der Waals surface area (Å²) >= 11 is 0. The molecule has 0 unspecified atom stereocenters. The van der Waals surface area contributed by atoms with Crippen LogP contribution in [0.2, 0.25) is 36.3 Å². The number of ether oxygens (including phenoxy) is 3. The second-order valence-electron chi connectivity index (χ2n) is 28.3. The van der Waals surface area contributed by atoms with Crippen molar-refractivity contribution in [3.05, 3.63) is 213 Å². The molecule has 0 aliphatic heterocycles. The fourth-order valence-corrected chi connectivity index (χ4v) is 15.8. The number of fused-ring (bicyclic) bond motifs is 6. The molecule has 5 aliphatic carbocycles. The van der Waals surface area contributed by atoms with Gasteiger partial charge >= 0.3 is 5.97 Å². The second kappa shape index (κ2) is 26.3. The molecule has 2 heterocycles. The molecule has 17 nitrogen and oxygen atoms in total. The number of Topliss-reactive ketones (excluding diaryl/α,β-unsaturated/α-hetero) is 3. The van der Waals surface area contributed by atoms with E-state index in [1.54, 1.807) is 18.2 Å². The molecule has 1 saturated carbocycles. The van der Waals surface area contributed by atoms with Crippen molar-refractivity contribution in [1.82, 2.24) is 20.1 Å². The average molecular weight is 1300 g/mol. The highest BCUT2D eigenvalue weighted by Gasteiger charge is 2.69. The zero-order chi connectivity index (χ0) is 67.2. The zero-order valence-electron chi connectivity index (χ0n) is 56.0. The van der Waals surface area contributed by atoms with Crippen LogP contribution in [0.4, 0.5) is 0 Å². The molecule has 2 aromatic heterocycles. The molecule has 1 N–H and O–H groups in total. The predicted octanol–water partition coefficient (Wildman–Crippen LogP) is 14.7. The van der Waals surface area contributed by atoms with Crippen LogP contribution in [0.25, 0.3) is 5.76 Å². The average Bonchev–Trinajstić information content (AvgIpc) is 1.65. The van der Waals surface area contributed by atoms with Crippen LogP contribution < -0.4 is 14.2 Å². The van der Waals surface area contributed by atoms with Crippen molar-refractivity contribution in [2.45, 2.75) is 140 Å². The number of aryl methyl sites for hydroxylation is 1. The van der Waals surface area contributed by atoms with E-state index in [-0.39, 0.29) is 81.2 Å². The smallest absolute Gasteiger partial charge is 0.343 e. The Hall–Kier alpha value is -8.18. The summed E-state index contributed by atoms with van der Waals surface area (Å²) in [6.45, 7) is 23.1. The summed E-state index contributed by atoms with van der Waals surface area (Å²) in [6.07, 6.45) is 4.91. The lowest BCUT2D eigenvalue weighted by atomic mass is 9.57. The number of hydrogen-bond donors (Lipinski definition) is 1. The van der Waals surface area contributed by atoms with Gasteiger partial charge in [-0.05, 0) is 153 Å². The first-order valence-electron chi connectivity index (χ1n) is 31.7. The summed E-state index contributed by atoms with van der Waals surface area (Å²) in [4.78, 5) is 73.8. The Morgan fingerprint density at radius 1 is 0.613 bits per heavy atom. The van der Waals surface area contributed by atoms with Crippen molar-refractivity contribution >= 4 is 51.5 Å². The summed E-state index contributed by atoms with van der Waals surface area (Å²) in [6, 6.07) is 42.4. The van der Waals surface area contributed by atoms with Crippen LogP contribution in [0, 0.1) is 24.7 Å². The van der Waals surface area contributed by atoms with Crippen molar-refractivity contribution in [1.29, 1.82) is 0 Å². The normalized spacial score (nSPS) is 22.4. The molecule has 19 heteroatoms. The fraction of sp³-hybridized carbons (Fsp3) is 0.392. The Morgan fingerprint density at radius 3 is 1.59 bits per heavy atom. The van der Waals surface area contributed by atoms with E-state index < -0.39 is 63.1 Å². The molecule has 0 amide bonds. The molecular weight excluding hydrogens is 1210 g/mol. The fourth-order valence-electron chi connectivity index (χ4n) is 12.9. The van der Waals surface area contributed by atoms with Crippen LogP contribution in [-0.2, 0) is 38.1 Å². The molecule has 7 atom stereocenters. The van der Waals surface area contributed by atoms with Crippen molar-refractivity contribution < 1.29 is 61.2 Å². The van der Waals surface area contributed by atoms with Crippen LogP contribution in [0.3, 0.4) is 0 Å². The molecule has 1 fully saturated rings. The van der Waals surface area contributed by atoms with Crippen LogP contribution in [0.15, 0.2) is 166 Å². The first-order chi connectivity index (χ1) is 43.9. The summed E-state index contributed by atoms with van der Waals surface area (Å²) in [5, 5.41) is 19.5. The van der Waals surface area contributed by atoms with Gasteiger partial charge in [-0.2, -0.15) is 0 Å². The van der Waals surface area contributed by atoms with Gasteiger partial charge in [0.1, 0.15) is 35.8 Å². The van der Waals surface area contributed by atoms with Crippen molar-refractivity contribution in [3.8, 4) is 17.5 Å². The molecule has 5 aromatic carbocycles. The minimum atomic E-state index is -2.75. The molecule has 0 radical (unpaired) electrons. The van der Waals surface area contributed by atoms with Gasteiger partial charge in [-0.3, -0.25) is 29.0 Å². The first-order valence-corrected chi connectivity index (χ1v) is 37.5. The van der Waals surface area contributed by atoms with Gasteiger partial charge in [0.15, 0.2) is 45.1 Å². The molecule has 5 aliphatic rings. The summed E-state index contributed by atoms with van der Waals surface area (Å²) < 4.78 is 42.9. The molecular formula is C74H86N4O13Si2. The molecule has 488 valence electrons. The summed E-state index contributed by atoms with van der Waals surface area (Å²) in [5.41, 5.74) is 2.14. The van der Waals surface area contributed by atoms with Crippen molar-refractivity contribution in [3.63, 3.8) is 0 Å². The number of aliphatic hydroxyl groups is 1. The van der Waals surface area contributed by atoms with Crippen LogP contribution >= 0.6 is 0 Å². The van der Waals surface area contributed by atoms with E-state index in [4.69, 9.17) is 32.1 Å². The minimum Gasteiger partial charge on any atom is -0.507 e. The van der Waals surface area contributed by atoms with Crippen LogP contribution in [-0.4, -0.2) is 110 Å². The Kier molecular flexibility index (Phi) is 19.2. The second-order valence-corrected chi connectivity index (χ2v) is 37.7. The number of benzene rings is 5. The van der Waals surface area contributed by atoms with Gasteiger partial charge < -0.3 is 37.2 Å². The SMILES string of the molecule is CN(C)[C@@H]1c2onc(OCc3ccccc3)c2C(=O)[C@@]2(O[Si](C)(C)C(C)(C)C)C(=O)C3=C(O)c4ccccc4C[C@H]3C[C@@H]12.CN(C)[C@@H]1c2onc(OCc3ccccc3)c2C(=O)[C@@]2(O[Si](C)(C)C(C)(C)C)C(=O)C=CC[C@@H]12.Cc1ccccc1C(=O)Oc1ccccc1. The topological polar surface area (TPSA) is 210 Å². The Balaban J connectivity index is 0.000000168. The number of hydrogen-bond acceptors (Lipinski definition) is 17. The lowest BCUT2D eigenvalue weighted by molar-refractivity contribution is -0.140. The lowest BCUT2D eigenvalue weighted by Crippen LogP contribution is -2.68. The van der Waals surface area contributed by atoms with Gasteiger partial charge in [-0.25, -0.2) is 4.79 Å².